The highest BCUT2D eigenvalue weighted by Gasteiger charge is 2.28. The average molecular weight is 380 g/mol. The first-order chi connectivity index (χ1) is 12.4. The van der Waals surface area contributed by atoms with Crippen molar-refractivity contribution in [3.63, 3.8) is 0 Å². The molecule has 0 bridgehead atoms. The Morgan fingerprint density at radius 3 is 2.65 bits per heavy atom. The lowest BCUT2D eigenvalue weighted by atomic mass is 10.0. The van der Waals surface area contributed by atoms with E-state index in [-0.39, 0.29) is 6.04 Å². The van der Waals surface area contributed by atoms with Gasteiger partial charge in [-0.3, -0.25) is 4.99 Å². The van der Waals surface area contributed by atoms with Gasteiger partial charge in [0.15, 0.2) is 0 Å². The van der Waals surface area contributed by atoms with Gasteiger partial charge in [-0.2, -0.15) is 0 Å². The molecule has 26 heavy (non-hydrogen) atoms. The molecule has 2 aromatic heterocycles. The maximum Gasteiger partial charge on any atom is 0.136 e. The van der Waals surface area contributed by atoms with Crippen LogP contribution in [0.3, 0.4) is 0 Å². The fraction of sp³-hybridized carbons (Fsp3) is 0.286. The Balaban J connectivity index is 1.64. The van der Waals surface area contributed by atoms with Crippen LogP contribution in [0.5, 0.6) is 0 Å². The molecule has 0 saturated heterocycles. The molecule has 3 aromatic rings. The molecule has 0 spiro atoms. The number of thiophene rings is 1. The molecule has 4 rings (SSSR count). The maximum atomic E-state index is 6.37. The van der Waals surface area contributed by atoms with Crippen molar-refractivity contribution < 1.29 is 0 Å². The quantitative estimate of drug-likeness (QED) is 0.680. The second kappa shape index (κ2) is 6.56. The highest BCUT2D eigenvalue weighted by molar-refractivity contribution is 7.27. The van der Waals surface area contributed by atoms with Crippen LogP contribution < -0.4 is 10.2 Å². The van der Waals surface area contributed by atoms with E-state index in [0.29, 0.717) is 5.84 Å². The zero-order chi connectivity index (χ0) is 18.3. The van der Waals surface area contributed by atoms with Crippen molar-refractivity contribution in [1.82, 2.24) is 4.57 Å². The number of benzene rings is 1. The van der Waals surface area contributed by atoms with Crippen LogP contribution in [0.2, 0.25) is 19.6 Å². The molecule has 1 aromatic carbocycles. The van der Waals surface area contributed by atoms with Gasteiger partial charge < -0.3 is 10.3 Å². The van der Waals surface area contributed by atoms with Gasteiger partial charge in [-0.25, -0.2) is 0 Å². The predicted octanol–water partition coefficient (Wildman–Crippen LogP) is 4.15. The normalized spacial score (nSPS) is 17.0. The number of nitrogens with zero attached hydrogens (tertiary/aromatic N) is 2. The summed E-state index contributed by atoms with van der Waals surface area (Å²) in [7, 11) is -1.33. The van der Waals surface area contributed by atoms with Crippen LogP contribution in [0.4, 0.5) is 0 Å². The molecule has 0 aliphatic carbocycles. The third-order valence-corrected chi connectivity index (χ3v) is 9.67. The van der Waals surface area contributed by atoms with E-state index in [0.717, 1.165) is 13.0 Å². The van der Waals surface area contributed by atoms with Gasteiger partial charge in [0.25, 0.3) is 0 Å². The number of hydrogen-bond donors (Lipinski definition) is 1. The fourth-order valence-electron chi connectivity index (χ4n) is 3.47. The lowest BCUT2D eigenvalue weighted by Gasteiger charge is -2.21. The molecule has 0 fully saturated rings. The molecule has 1 aliphatic rings. The first-order valence-electron chi connectivity index (χ1n) is 9.07. The standard InChI is InChI=1S/C21H25N3SSi/c1-26(2,3)19-13-16-12-17(23-21(22)20(16)25-19)18-10-7-11-24(18)14-15-8-5-4-6-9-15/h4-11,13,17H,12,14H2,1-3H3,(H2,22,23). The molecule has 5 heteroatoms. The van der Waals surface area contributed by atoms with Crippen LogP contribution in [0, 0.1) is 0 Å². The van der Waals surface area contributed by atoms with Gasteiger partial charge >= 0.3 is 0 Å². The highest BCUT2D eigenvalue weighted by Crippen LogP contribution is 2.32. The molecule has 1 atom stereocenters. The predicted molar refractivity (Wildman–Crippen MR) is 114 cm³/mol. The van der Waals surface area contributed by atoms with Crippen LogP contribution in [-0.2, 0) is 13.0 Å². The Bertz CT molecular complexity index is 947. The molecule has 3 nitrogen and oxygen atoms in total. The van der Waals surface area contributed by atoms with E-state index in [1.54, 1.807) is 0 Å². The third-order valence-electron chi connectivity index (χ3n) is 4.89. The van der Waals surface area contributed by atoms with Crippen molar-refractivity contribution in [2.24, 2.45) is 10.7 Å². The summed E-state index contributed by atoms with van der Waals surface area (Å²) >= 11 is 1.86. The summed E-state index contributed by atoms with van der Waals surface area (Å²) in [5, 5.41) is 0. The Kier molecular flexibility index (Phi) is 4.37. The number of hydrogen-bond acceptors (Lipinski definition) is 3. The van der Waals surface area contributed by atoms with Crippen molar-refractivity contribution in [2.45, 2.75) is 38.6 Å². The Labute approximate surface area is 160 Å². The first kappa shape index (κ1) is 17.3. The smallest absolute Gasteiger partial charge is 0.136 e. The summed E-state index contributed by atoms with van der Waals surface area (Å²) in [4.78, 5) is 6.06. The molecule has 1 aliphatic heterocycles. The Morgan fingerprint density at radius 1 is 1.15 bits per heavy atom. The lowest BCUT2D eigenvalue weighted by Crippen LogP contribution is -2.34. The summed E-state index contributed by atoms with van der Waals surface area (Å²) in [6, 6.07) is 17.4. The van der Waals surface area contributed by atoms with E-state index in [1.165, 1.54) is 26.2 Å². The SMILES string of the molecule is C[Si](C)(C)c1cc2c(s1)C(N)=NC(c1cccn1Cc1ccccc1)C2. The van der Waals surface area contributed by atoms with E-state index in [1.807, 2.05) is 11.3 Å². The number of nitrogens with two attached hydrogens (primary N) is 1. The van der Waals surface area contributed by atoms with Gasteiger partial charge in [-0.1, -0.05) is 50.0 Å². The molecule has 0 saturated carbocycles. The fourth-order valence-corrected chi connectivity index (χ4v) is 6.46. The minimum atomic E-state index is -1.33. The van der Waals surface area contributed by atoms with Gasteiger partial charge in [0.1, 0.15) is 5.84 Å². The molecule has 1 unspecified atom stereocenters. The molecule has 134 valence electrons. The zero-order valence-electron chi connectivity index (χ0n) is 15.6. The number of aromatic nitrogens is 1. The Morgan fingerprint density at radius 2 is 1.92 bits per heavy atom. The van der Waals surface area contributed by atoms with Crippen molar-refractivity contribution >= 4 is 29.7 Å². The third kappa shape index (κ3) is 3.29. The molecule has 3 heterocycles. The number of aliphatic imine (C=N–C) groups is 1. The minimum absolute atomic E-state index is 0.102. The molecule has 0 amide bonds. The van der Waals surface area contributed by atoms with E-state index in [9.17, 15) is 0 Å². The van der Waals surface area contributed by atoms with Crippen molar-refractivity contribution in [1.29, 1.82) is 0 Å². The maximum absolute atomic E-state index is 6.37. The lowest BCUT2D eigenvalue weighted by molar-refractivity contribution is 0.628. The summed E-state index contributed by atoms with van der Waals surface area (Å²) < 4.78 is 3.81. The highest BCUT2D eigenvalue weighted by atomic mass is 32.1. The van der Waals surface area contributed by atoms with E-state index >= 15 is 0 Å². The minimum Gasteiger partial charge on any atom is -0.383 e. The largest absolute Gasteiger partial charge is 0.383 e. The van der Waals surface area contributed by atoms with E-state index in [4.69, 9.17) is 10.7 Å². The van der Waals surface area contributed by atoms with Crippen LogP contribution >= 0.6 is 11.3 Å². The van der Waals surface area contributed by atoms with Gasteiger partial charge in [0.2, 0.25) is 0 Å². The van der Waals surface area contributed by atoms with Crippen molar-refractivity contribution in [2.75, 3.05) is 0 Å². The van der Waals surface area contributed by atoms with Gasteiger partial charge in [-0.05, 0) is 33.8 Å². The summed E-state index contributed by atoms with van der Waals surface area (Å²) in [5.41, 5.74) is 10.3. The van der Waals surface area contributed by atoms with Crippen molar-refractivity contribution in [3.05, 3.63) is 76.4 Å². The summed E-state index contributed by atoms with van der Waals surface area (Å²) in [6.45, 7) is 8.03. The number of amidine groups is 1. The topological polar surface area (TPSA) is 43.3 Å². The van der Waals surface area contributed by atoms with Gasteiger partial charge in [-0.15, -0.1) is 11.3 Å². The molecule has 2 N–H and O–H groups in total. The average Bonchev–Trinajstić information content (AvgIpc) is 3.22. The Hall–Kier alpha value is -2.11. The number of fused-ring (bicyclic) bond motifs is 1. The van der Waals surface area contributed by atoms with Gasteiger partial charge in [0, 0.05) is 24.9 Å². The van der Waals surface area contributed by atoms with E-state index < -0.39 is 8.07 Å². The van der Waals surface area contributed by atoms with Crippen LogP contribution in [-0.4, -0.2) is 18.5 Å². The van der Waals surface area contributed by atoms with Crippen LogP contribution in [0.25, 0.3) is 0 Å². The zero-order valence-corrected chi connectivity index (χ0v) is 17.4. The monoisotopic (exact) mass is 379 g/mol. The first-order valence-corrected chi connectivity index (χ1v) is 13.4. The van der Waals surface area contributed by atoms with Gasteiger partial charge in [0.05, 0.1) is 19.0 Å². The number of rotatable bonds is 4. The van der Waals surface area contributed by atoms with Crippen molar-refractivity contribution in [3.8, 4) is 0 Å². The summed E-state index contributed by atoms with van der Waals surface area (Å²) in [6.07, 6.45) is 3.08. The molecule has 0 radical (unpaired) electrons. The van der Waals surface area contributed by atoms with Crippen LogP contribution in [0.15, 0.2) is 59.7 Å². The van der Waals surface area contributed by atoms with Crippen LogP contribution in [0.1, 0.15) is 27.7 Å². The second-order valence-corrected chi connectivity index (χ2v) is 14.4. The second-order valence-electron chi connectivity index (χ2n) is 8.00. The summed E-state index contributed by atoms with van der Waals surface area (Å²) in [5.74, 6) is 0.707. The van der Waals surface area contributed by atoms with E-state index in [2.05, 4.69) is 78.9 Å². The molecular formula is C21H25N3SSi. The molecular weight excluding hydrogens is 354 g/mol.